The number of amides is 1. The summed E-state index contributed by atoms with van der Waals surface area (Å²) in [6, 6.07) is 8.91. The molecule has 0 radical (unpaired) electrons. The lowest BCUT2D eigenvalue weighted by Gasteiger charge is -2.20. The van der Waals surface area contributed by atoms with Crippen molar-refractivity contribution in [3.05, 3.63) is 65.3 Å². The fraction of sp³-hybridized carbons (Fsp3) is 0.517. The molecule has 1 aromatic rings. The van der Waals surface area contributed by atoms with E-state index in [-0.39, 0.29) is 5.91 Å². The van der Waals surface area contributed by atoms with Gasteiger partial charge in [-0.1, -0.05) is 55.3 Å². The number of carbonyl (C=O) groups excluding carboxylic acids is 1. The molecule has 6 nitrogen and oxygen atoms in total. The first-order valence-corrected chi connectivity index (χ1v) is 15.1. The molecule has 1 saturated heterocycles. The van der Waals surface area contributed by atoms with E-state index in [1.807, 2.05) is 6.08 Å². The zero-order chi connectivity index (χ0) is 25.5. The van der Waals surface area contributed by atoms with Gasteiger partial charge in [0.15, 0.2) is 0 Å². The van der Waals surface area contributed by atoms with Gasteiger partial charge >= 0.3 is 0 Å². The van der Waals surface area contributed by atoms with Crippen LogP contribution in [-0.4, -0.2) is 50.4 Å². The Kier molecular flexibility index (Phi) is 8.96. The number of aliphatic imine (C=N–C) groups is 1. The van der Waals surface area contributed by atoms with Crippen LogP contribution in [0.3, 0.4) is 0 Å². The molecular formula is C29H39N3O3S. The Morgan fingerprint density at radius 1 is 1.08 bits per heavy atom. The summed E-state index contributed by atoms with van der Waals surface area (Å²) in [5, 5.41) is 2.88. The lowest BCUT2D eigenvalue weighted by Crippen LogP contribution is -2.31. The van der Waals surface area contributed by atoms with Crippen LogP contribution in [0.2, 0.25) is 0 Å². The van der Waals surface area contributed by atoms with Crippen LogP contribution in [0.4, 0.5) is 0 Å². The van der Waals surface area contributed by atoms with Gasteiger partial charge in [0.2, 0.25) is 15.9 Å². The molecule has 1 N–H and O–H groups in total. The fourth-order valence-corrected chi connectivity index (χ4v) is 6.46. The van der Waals surface area contributed by atoms with Crippen molar-refractivity contribution in [3.8, 4) is 0 Å². The number of carbonyl (C=O) groups is 1. The largest absolute Gasteiger partial charge is 0.311 e. The molecule has 2 atom stereocenters. The third kappa shape index (κ3) is 7.50. The van der Waals surface area contributed by atoms with Crippen LogP contribution in [0.15, 0.2) is 59.1 Å². The molecule has 1 amide bonds. The standard InChI is InChI=1S/C29H39N3O3S/c1-22(33)31-29-21-27-20-24(15-16-30-29)8-5-10-28(27)26-13-11-25(12-14-26)19-23-7-3-4-17-32(18-6-9-23)36(2,34)35/h5,8,10-14,21,23-24H,3-4,6-7,9,15-20H2,1-2H3,(H,30,31,33). The smallest absolute Gasteiger partial charge is 0.222 e. The number of rotatable bonds is 4. The van der Waals surface area contributed by atoms with Gasteiger partial charge in [-0.3, -0.25) is 9.79 Å². The van der Waals surface area contributed by atoms with Crippen molar-refractivity contribution in [2.24, 2.45) is 16.8 Å². The van der Waals surface area contributed by atoms with Crippen LogP contribution in [0.1, 0.15) is 63.0 Å². The molecule has 1 aliphatic carbocycles. The van der Waals surface area contributed by atoms with Crippen molar-refractivity contribution in [3.63, 3.8) is 0 Å². The molecule has 4 rings (SSSR count). The second-order valence-electron chi connectivity index (χ2n) is 10.4. The van der Waals surface area contributed by atoms with Crippen LogP contribution < -0.4 is 5.32 Å². The molecule has 1 fully saturated rings. The molecule has 36 heavy (non-hydrogen) atoms. The van der Waals surface area contributed by atoms with Crippen molar-refractivity contribution >= 4 is 27.3 Å². The predicted molar refractivity (Wildman–Crippen MR) is 147 cm³/mol. The van der Waals surface area contributed by atoms with Crippen LogP contribution in [0.5, 0.6) is 0 Å². The summed E-state index contributed by atoms with van der Waals surface area (Å²) in [5.74, 6) is 1.59. The minimum absolute atomic E-state index is 0.0988. The van der Waals surface area contributed by atoms with Crippen LogP contribution in [0, 0.1) is 11.8 Å². The molecule has 0 spiro atoms. The highest BCUT2D eigenvalue weighted by Gasteiger charge is 2.21. The number of nitrogens with one attached hydrogen (secondary N) is 1. The van der Waals surface area contributed by atoms with E-state index in [0.717, 1.165) is 51.4 Å². The molecular weight excluding hydrogens is 470 g/mol. The quantitative estimate of drug-likeness (QED) is 0.627. The average Bonchev–Trinajstić information content (AvgIpc) is 2.93. The van der Waals surface area contributed by atoms with Crippen molar-refractivity contribution < 1.29 is 13.2 Å². The zero-order valence-electron chi connectivity index (χ0n) is 21.6. The highest BCUT2D eigenvalue weighted by atomic mass is 32.2. The molecule has 0 aromatic heterocycles. The van der Waals surface area contributed by atoms with E-state index < -0.39 is 10.0 Å². The number of sulfonamides is 1. The zero-order valence-corrected chi connectivity index (χ0v) is 22.4. The van der Waals surface area contributed by atoms with Crippen molar-refractivity contribution in [1.82, 2.24) is 9.62 Å². The van der Waals surface area contributed by atoms with Crippen LogP contribution >= 0.6 is 0 Å². The molecule has 2 heterocycles. The molecule has 2 bridgehead atoms. The molecule has 2 aliphatic heterocycles. The first kappa shape index (κ1) is 26.6. The van der Waals surface area contributed by atoms with E-state index in [0.29, 0.717) is 37.3 Å². The van der Waals surface area contributed by atoms with Gasteiger partial charge in [-0.15, -0.1) is 0 Å². The average molecular weight is 510 g/mol. The number of benzene rings is 1. The Balaban J connectivity index is 1.46. The third-order valence-corrected chi connectivity index (χ3v) is 8.72. The lowest BCUT2D eigenvalue weighted by molar-refractivity contribution is -0.117. The minimum atomic E-state index is -3.11. The molecule has 2 unspecified atom stereocenters. The molecule has 7 heteroatoms. The topological polar surface area (TPSA) is 78.8 Å². The van der Waals surface area contributed by atoms with Crippen molar-refractivity contribution in [2.45, 2.75) is 58.3 Å². The second kappa shape index (κ2) is 12.2. The van der Waals surface area contributed by atoms with Crippen molar-refractivity contribution in [2.75, 3.05) is 25.9 Å². The number of allylic oxidation sites excluding steroid dienone is 5. The number of hydrogen-bond donors (Lipinski definition) is 1. The van der Waals surface area contributed by atoms with Gasteiger partial charge in [-0.2, -0.15) is 0 Å². The minimum Gasteiger partial charge on any atom is -0.311 e. The van der Waals surface area contributed by atoms with Gasteiger partial charge in [0, 0.05) is 26.6 Å². The Labute approximate surface area is 216 Å². The van der Waals surface area contributed by atoms with E-state index in [4.69, 9.17) is 0 Å². The van der Waals surface area contributed by atoms with Crippen LogP contribution in [-0.2, 0) is 21.2 Å². The molecule has 1 aromatic carbocycles. The first-order valence-electron chi connectivity index (χ1n) is 13.2. The molecule has 0 saturated carbocycles. The number of nitrogens with zero attached hydrogens (tertiary/aromatic N) is 2. The highest BCUT2D eigenvalue weighted by Crippen LogP contribution is 2.34. The van der Waals surface area contributed by atoms with Crippen molar-refractivity contribution in [1.29, 1.82) is 0 Å². The number of amidine groups is 1. The Bertz CT molecular complexity index is 1160. The van der Waals surface area contributed by atoms with Gasteiger partial charge < -0.3 is 5.32 Å². The summed E-state index contributed by atoms with van der Waals surface area (Å²) in [6.45, 7) is 3.52. The van der Waals surface area contributed by atoms with Gasteiger partial charge in [-0.25, -0.2) is 12.7 Å². The summed E-state index contributed by atoms with van der Waals surface area (Å²) < 4.78 is 25.6. The summed E-state index contributed by atoms with van der Waals surface area (Å²) in [6.07, 6.45) is 18.1. The van der Waals surface area contributed by atoms with Gasteiger partial charge in [-0.05, 0) is 78.7 Å². The predicted octanol–water partition coefficient (Wildman–Crippen LogP) is 4.90. The van der Waals surface area contributed by atoms with E-state index in [9.17, 15) is 13.2 Å². The first-order chi connectivity index (χ1) is 17.3. The lowest BCUT2D eigenvalue weighted by atomic mass is 9.87. The number of fused-ring (bicyclic) bond motifs is 2. The van der Waals surface area contributed by atoms with E-state index in [1.165, 1.54) is 35.5 Å². The Hall–Kier alpha value is -2.51. The number of hydrogen-bond acceptors (Lipinski definition) is 4. The molecule has 194 valence electrons. The second-order valence-corrected chi connectivity index (χ2v) is 12.4. The van der Waals surface area contributed by atoms with Gasteiger partial charge in [0.05, 0.1) is 6.26 Å². The maximum absolute atomic E-state index is 12.0. The van der Waals surface area contributed by atoms with E-state index in [1.54, 1.807) is 4.31 Å². The monoisotopic (exact) mass is 509 g/mol. The maximum atomic E-state index is 12.0. The molecule has 3 aliphatic rings. The summed E-state index contributed by atoms with van der Waals surface area (Å²) in [4.78, 5) is 16.3. The van der Waals surface area contributed by atoms with Gasteiger partial charge in [0.1, 0.15) is 5.84 Å². The Morgan fingerprint density at radius 2 is 1.83 bits per heavy atom. The Morgan fingerprint density at radius 3 is 2.58 bits per heavy atom. The third-order valence-electron chi connectivity index (χ3n) is 7.42. The summed E-state index contributed by atoms with van der Waals surface area (Å²) in [5.41, 5.74) is 4.90. The fourth-order valence-electron chi connectivity index (χ4n) is 5.53. The van der Waals surface area contributed by atoms with E-state index >= 15 is 0 Å². The van der Waals surface area contributed by atoms with Crippen LogP contribution in [0.25, 0.3) is 5.57 Å². The maximum Gasteiger partial charge on any atom is 0.222 e. The van der Waals surface area contributed by atoms with E-state index in [2.05, 4.69) is 52.8 Å². The normalized spacial score (nSPS) is 24.0. The van der Waals surface area contributed by atoms with Gasteiger partial charge in [0.25, 0.3) is 0 Å². The SMILES string of the molecule is CC(=O)NC1=NCCC2C=CC=C(c3ccc(CC4CCCCN(S(C)(=O)=O)CCC4)cc3)C(=C1)C2. The summed E-state index contributed by atoms with van der Waals surface area (Å²) in [7, 11) is -3.11. The highest BCUT2D eigenvalue weighted by molar-refractivity contribution is 7.88. The summed E-state index contributed by atoms with van der Waals surface area (Å²) >= 11 is 0.